The Labute approximate surface area is 120 Å². The maximum absolute atomic E-state index is 12.2. The minimum absolute atomic E-state index is 0.249. The van der Waals surface area contributed by atoms with Gasteiger partial charge < -0.3 is 9.47 Å². The molecule has 1 N–H and O–H groups in total. The molecule has 2 heterocycles. The minimum Gasteiger partial charge on any atom is -0.482 e. The van der Waals surface area contributed by atoms with Gasteiger partial charge in [-0.1, -0.05) is 12.1 Å². The van der Waals surface area contributed by atoms with Crippen LogP contribution in [-0.4, -0.2) is 23.1 Å². The fourth-order valence-electron chi connectivity index (χ4n) is 2.00. The normalized spacial score (nSPS) is 20.5. The summed E-state index contributed by atoms with van der Waals surface area (Å²) in [5.74, 6) is 0.997. The number of ether oxygens (including phenoxy) is 2. The molecule has 1 aliphatic rings. The first-order chi connectivity index (χ1) is 9.63. The van der Waals surface area contributed by atoms with Crippen LogP contribution >= 0.6 is 11.3 Å². The largest absolute Gasteiger partial charge is 0.482 e. The van der Waals surface area contributed by atoms with E-state index in [2.05, 4.69) is 10.3 Å². The topological polar surface area (TPSA) is 60.5 Å². The number of carbonyl (C=O) groups excluding carboxylic acids is 1. The van der Waals surface area contributed by atoms with Crippen molar-refractivity contribution in [3.63, 3.8) is 0 Å². The average Bonchev–Trinajstić information content (AvgIpc) is 2.83. The van der Waals surface area contributed by atoms with Gasteiger partial charge in [0.25, 0.3) is 5.91 Å². The minimum atomic E-state index is -0.686. The maximum atomic E-state index is 12.2. The number of para-hydroxylation sites is 2. The van der Waals surface area contributed by atoms with Crippen molar-refractivity contribution in [3.05, 3.63) is 35.3 Å². The molecule has 2 aromatic rings. The third-order valence-electron chi connectivity index (χ3n) is 2.95. The van der Waals surface area contributed by atoms with Crippen molar-refractivity contribution in [3.8, 4) is 11.5 Å². The summed E-state index contributed by atoms with van der Waals surface area (Å²) in [5, 5.41) is 3.33. The van der Waals surface area contributed by atoms with Gasteiger partial charge in [0.2, 0.25) is 6.10 Å². The standard InChI is InChI=1S/C14H14N2O3S/c1-8-7-15-14(20-8)16-13(17)12-9(2)18-10-5-3-4-6-11(10)19-12/h3-7,9,12H,1-2H3,(H,15,16,17). The molecule has 0 saturated carbocycles. The first-order valence-electron chi connectivity index (χ1n) is 6.29. The summed E-state index contributed by atoms with van der Waals surface area (Å²) < 4.78 is 11.4. The summed E-state index contributed by atoms with van der Waals surface area (Å²) >= 11 is 1.43. The first kappa shape index (κ1) is 12.9. The van der Waals surface area contributed by atoms with E-state index in [1.807, 2.05) is 32.0 Å². The van der Waals surface area contributed by atoms with Crippen molar-refractivity contribution < 1.29 is 14.3 Å². The van der Waals surface area contributed by atoms with E-state index in [9.17, 15) is 4.79 Å². The molecule has 0 aliphatic carbocycles. The van der Waals surface area contributed by atoms with Gasteiger partial charge in [0, 0.05) is 11.1 Å². The molecule has 2 unspecified atom stereocenters. The molecular weight excluding hydrogens is 276 g/mol. The Morgan fingerprint density at radius 2 is 2.00 bits per heavy atom. The number of thiazole rings is 1. The molecule has 5 nitrogen and oxygen atoms in total. The lowest BCUT2D eigenvalue weighted by atomic mass is 10.1. The highest BCUT2D eigenvalue weighted by Gasteiger charge is 2.34. The molecule has 0 fully saturated rings. The number of aromatic nitrogens is 1. The van der Waals surface area contributed by atoms with Gasteiger partial charge in [0.15, 0.2) is 16.6 Å². The Morgan fingerprint density at radius 1 is 1.30 bits per heavy atom. The van der Waals surface area contributed by atoms with Gasteiger partial charge in [-0.15, -0.1) is 11.3 Å². The predicted octanol–water partition coefficient (Wildman–Crippen LogP) is 2.62. The molecule has 1 amide bonds. The Bertz CT molecular complexity index is 641. The highest BCUT2D eigenvalue weighted by molar-refractivity contribution is 7.15. The van der Waals surface area contributed by atoms with Gasteiger partial charge in [-0.3, -0.25) is 10.1 Å². The number of benzene rings is 1. The highest BCUT2D eigenvalue weighted by Crippen LogP contribution is 2.33. The van der Waals surface area contributed by atoms with E-state index < -0.39 is 6.10 Å². The number of rotatable bonds is 2. The number of anilines is 1. The number of nitrogens with one attached hydrogen (secondary N) is 1. The summed E-state index contributed by atoms with van der Waals surface area (Å²) in [5.41, 5.74) is 0. The number of aryl methyl sites for hydroxylation is 1. The molecule has 0 saturated heterocycles. The summed E-state index contributed by atoms with van der Waals surface area (Å²) in [4.78, 5) is 17.4. The van der Waals surface area contributed by atoms with Crippen molar-refractivity contribution in [1.82, 2.24) is 4.98 Å². The van der Waals surface area contributed by atoms with Crippen LogP contribution in [0.15, 0.2) is 30.5 Å². The lowest BCUT2D eigenvalue weighted by Crippen LogP contribution is -2.46. The maximum Gasteiger partial charge on any atom is 0.271 e. The van der Waals surface area contributed by atoms with Crippen LogP contribution in [-0.2, 0) is 4.79 Å². The lowest BCUT2D eigenvalue weighted by molar-refractivity contribution is -0.128. The highest BCUT2D eigenvalue weighted by atomic mass is 32.1. The molecule has 0 bridgehead atoms. The van der Waals surface area contributed by atoms with Crippen molar-refractivity contribution in [2.24, 2.45) is 0 Å². The number of amides is 1. The molecule has 1 aliphatic heterocycles. The van der Waals surface area contributed by atoms with Gasteiger partial charge in [0.05, 0.1) is 0 Å². The monoisotopic (exact) mass is 290 g/mol. The Morgan fingerprint density at radius 3 is 2.65 bits per heavy atom. The van der Waals surface area contributed by atoms with E-state index in [0.29, 0.717) is 16.6 Å². The van der Waals surface area contributed by atoms with Gasteiger partial charge in [-0.25, -0.2) is 4.98 Å². The molecular formula is C14H14N2O3S. The van der Waals surface area contributed by atoms with Gasteiger partial charge in [0.1, 0.15) is 6.10 Å². The molecule has 1 aromatic heterocycles. The van der Waals surface area contributed by atoms with E-state index in [0.717, 1.165) is 4.88 Å². The van der Waals surface area contributed by atoms with Crippen LogP contribution < -0.4 is 14.8 Å². The van der Waals surface area contributed by atoms with E-state index in [-0.39, 0.29) is 12.0 Å². The quantitative estimate of drug-likeness (QED) is 0.923. The molecule has 2 atom stereocenters. The number of hydrogen-bond donors (Lipinski definition) is 1. The Balaban J connectivity index is 1.75. The predicted molar refractivity (Wildman–Crippen MR) is 76.4 cm³/mol. The Kier molecular flexibility index (Phi) is 3.31. The van der Waals surface area contributed by atoms with Crippen LogP contribution in [0.5, 0.6) is 11.5 Å². The van der Waals surface area contributed by atoms with Crippen LogP contribution in [0.3, 0.4) is 0 Å². The van der Waals surface area contributed by atoms with E-state index in [1.54, 1.807) is 12.3 Å². The zero-order valence-electron chi connectivity index (χ0n) is 11.1. The van der Waals surface area contributed by atoms with Crippen molar-refractivity contribution in [2.75, 3.05) is 5.32 Å². The van der Waals surface area contributed by atoms with E-state index >= 15 is 0 Å². The van der Waals surface area contributed by atoms with Crippen LogP contribution in [0.2, 0.25) is 0 Å². The van der Waals surface area contributed by atoms with Crippen LogP contribution in [0.1, 0.15) is 11.8 Å². The molecule has 20 heavy (non-hydrogen) atoms. The zero-order valence-corrected chi connectivity index (χ0v) is 11.9. The third kappa shape index (κ3) is 2.46. The number of carbonyl (C=O) groups is 1. The molecule has 1 aromatic carbocycles. The van der Waals surface area contributed by atoms with Gasteiger partial charge in [-0.05, 0) is 26.0 Å². The molecule has 104 valence electrons. The van der Waals surface area contributed by atoms with Gasteiger partial charge >= 0.3 is 0 Å². The summed E-state index contributed by atoms with van der Waals surface area (Å²) in [7, 11) is 0. The summed E-state index contributed by atoms with van der Waals surface area (Å²) in [6, 6.07) is 7.32. The molecule has 3 rings (SSSR count). The SMILES string of the molecule is Cc1cnc(NC(=O)C2Oc3ccccc3OC2C)s1. The van der Waals surface area contributed by atoms with Gasteiger partial charge in [-0.2, -0.15) is 0 Å². The molecule has 0 radical (unpaired) electrons. The van der Waals surface area contributed by atoms with Crippen molar-refractivity contribution in [2.45, 2.75) is 26.1 Å². The van der Waals surface area contributed by atoms with Crippen molar-refractivity contribution in [1.29, 1.82) is 0 Å². The van der Waals surface area contributed by atoms with E-state index in [4.69, 9.17) is 9.47 Å². The second-order valence-corrected chi connectivity index (χ2v) is 5.81. The molecule has 6 heteroatoms. The zero-order chi connectivity index (χ0) is 14.1. The van der Waals surface area contributed by atoms with Crippen LogP contribution in [0.4, 0.5) is 5.13 Å². The second-order valence-electron chi connectivity index (χ2n) is 4.57. The average molecular weight is 290 g/mol. The fourth-order valence-corrected chi connectivity index (χ4v) is 2.66. The summed E-state index contributed by atoms with van der Waals surface area (Å²) in [6.07, 6.45) is 0.678. The first-order valence-corrected chi connectivity index (χ1v) is 7.11. The lowest BCUT2D eigenvalue weighted by Gasteiger charge is -2.30. The Hall–Kier alpha value is -2.08. The third-order valence-corrected chi connectivity index (χ3v) is 3.78. The number of nitrogens with zero attached hydrogens (tertiary/aromatic N) is 1. The smallest absolute Gasteiger partial charge is 0.271 e. The van der Waals surface area contributed by atoms with E-state index in [1.165, 1.54) is 11.3 Å². The van der Waals surface area contributed by atoms with Crippen molar-refractivity contribution >= 4 is 22.4 Å². The molecule has 0 spiro atoms. The fraction of sp³-hybridized carbons (Fsp3) is 0.286. The number of hydrogen-bond acceptors (Lipinski definition) is 5. The van der Waals surface area contributed by atoms with Crippen LogP contribution in [0.25, 0.3) is 0 Å². The van der Waals surface area contributed by atoms with Crippen LogP contribution in [0, 0.1) is 6.92 Å². The second kappa shape index (κ2) is 5.13. The number of fused-ring (bicyclic) bond motifs is 1. The summed E-state index contributed by atoms with van der Waals surface area (Å²) in [6.45, 7) is 3.75.